The van der Waals surface area contributed by atoms with Gasteiger partial charge in [0.05, 0.1) is 5.75 Å². The molecule has 3 rings (SSSR count). The Bertz CT molecular complexity index is 913. The van der Waals surface area contributed by atoms with Crippen LogP contribution in [0.25, 0.3) is 21.0 Å². The SMILES string of the molecule is Cc1sc2cc3ccccc3cc2[n+]1CCCS(=O)(=O)O. The highest BCUT2D eigenvalue weighted by Crippen LogP contribution is 2.26. The fraction of sp³-hybridized carbons (Fsp3) is 0.267. The summed E-state index contributed by atoms with van der Waals surface area (Å²) in [5.41, 5.74) is 1.12. The first-order chi connectivity index (χ1) is 9.94. The topological polar surface area (TPSA) is 58.2 Å². The summed E-state index contributed by atoms with van der Waals surface area (Å²) in [7, 11) is -3.89. The summed E-state index contributed by atoms with van der Waals surface area (Å²) in [6.07, 6.45) is 0.406. The van der Waals surface area contributed by atoms with Gasteiger partial charge in [-0.25, -0.2) is 0 Å². The van der Waals surface area contributed by atoms with E-state index in [0.29, 0.717) is 13.0 Å². The van der Waals surface area contributed by atoms with Gasteiger partial charge in [0.15, 0.2) is 6.54 Å². The van der Waals surface area contributed by atoms with E-state index in [1.165, 1.54) is 15.5 Å². The second kappa shape index (κ2) is 5.36. The molecule has 1 heterocycles. The zero-order chi connectivity index (χ0) is 15.0. The van der Waals surface area contributed by atoms with E-state index in [9.17, 15) is 8.42 Å². The number of hydrogen-bond donors (Lipinski definition) is 1. The summed E-state index contributed by atoms with van der Waals surface area (Å²) < 4.78 is 33.8. The van der Waals surface area contributed by atoms with E-state index in [1.807, 2.05) is 19.1 Å². The number of aryl methyl sites for hydroxylation is 2. The molecule has 0 aliphatic carbocycles. The molecule has 4 nitrogen and oxygen atoms in total. The lowest BCUT2D eigenvalue weighted by molar-refractivity contribution is -0.672. The zero-order valence-corrected chi connectivity index (χ0v) is 13.2. The van der Waals surface area contributed by atoms with E-state index in [0.717, 1.165) is 10.5 Å². The first-order valence-electron chi connectivity index (χ1n) is 6.71. The Hall–Kier alpha value is -1.50. The summed E-state index contributed by atoms with van der Waals surface area (Å²) in [6, 6.07) is 12.5. The quantitative estimate of drug-likeness (QED) is 0.593. The molecule has 0 atom stereocenters. The van der Waals surface area contributed by atoms with Crippen LogP contribution in [0.2, 0.25) is 0 Å². The van der Waals surface area contributed by atoms with Gasteiger partial charge in [-0.1, -0.05) is 35.6 Å². The van der Waals surface area contributed by atoms with E-state index in [4.69, 9.17) is 4.55 Å². The molecule has 21 heavy (non-hydrogen) atoms. The van der Waals surface area contributed by atoms with Crippen LogP contribution in [0.5, 0.6) is 0 Å². The fourth-order valence-electron chi connectivity index (χ4n) is 2.57. The van der Waals surface area contributed by atoms with E-state index in [-0.39, 0.29) is 5.75 Å². The average Bonchev–Trinajstić information content (AvgIpc) is 2.70. The van der Waals surface area contributed by atoms with Gasteiger partial charge in [-0.2, -0.15) is 13.0 Å². The van der Waals surface area contributed by atoms with Gasteiger partial charge >= 0.3 is 0 Å². The summed E-state index contributed by atoms with van der Waals surface area (Å²) >= 11 is 1.70. The molecule has 0 unspecified atom stereocenters. The Morgan fingerprint density at radius 2 is 1.86 bits per heavy atom. The first-order valence-corrected chi connectivity index (χ1v) is 9.13. The average molecular weight is 322 g/mol. The maximum absolute atomic E-state index is 10.8. The number of aromatic nitrogens is 1. The second-order valence-electron chi connectivity index (χ2n) is 5.08. The summed E-state index contributed by atoms with van der Waals surface area (Å²) in [5, 5.41) is 3.51. The number of hydrogen-bond acceptors (Lipinski definition) is 3. The number of thiazole rings is 1. The van der Waals surface area contributed by atoms with Crippen LogP contribution in [-0.2, 0) is 16.7 Å². The molecule has 0 fully saturated rings. The Morgan fingerprint density at radius 1 is 1.19 bits per heavy atom. The van der Waals surface area contributed by atoms with Gasteiger partial charge in [0.2, 0.25) is 10.5 Å². The van der Waals surface area contributed by atoms with Crippen molar-refractivity contribution in [2.24, 2.45) is 0 Å². The van der Waals surface area contributed by atoms with Crippen molar-refractivity contribution in [3.8, 4) is 0 Å². The molecule has 2 aromatic carbocycles. The lowest BCUT2D eigenvalue weighted by Crippen LogP contribution is -2.35. The molecule has 6 heteroatoms. The lowest BCUT2D eigenvalue weighted by Gasteiger charge is -1.98. The molecule has 0 bridgehead atoms. The Balaban J connectivity index is 2.01. The van der Waals surface area contributed by atoms with E-state index >= 15 is 0 Å². The highest BCUT2D eigenvalue weighted by Gasteiger charge is 2.18. The largest absolute Gasteiger partial charge is 0.286 e. The van der Waals surface area contributed by atoms with Crippen LogP contribution in [0, 0.1) is 6.92 Å². The fourth-order valence-corrected chi connectivity index (χ4v) is 4.14. The minimum atomic E-state index is -3.89. The molecule has 0 amide bonds. The summed E-state index contributed by atoms with van der Waals surface area (Å²) in [5.74, 6) is -0.204. The standard InChI is InChI=1S/C15H15NO3S2/c1-11-16(7-4-8-21(17,18)19)14-9-12-5-2-3-6-13(12)10-15(14)20-11/h2-3,5-6,9-10H,4,7-8H2,1H3/p+1. The van der Waals surface area contributed by atoms with Crippen LogP contribution in [0.1, 0.15) is 11.4 Å². The molecule has 1 aromatic heterocycles. The predicted octanol–water partition coefficient (Wildman–Crippen LogP) is 2.93. The number of fused-ring (bicyclic) bond motifs is 2. The molecule has 0 saturated carbocycles. The van der Waals surface area contributed by atoms with Gasteiger partial charge in [-0.05, 0) is 16.8 Å². The van der Waals surface area contributed by atoms with Crippen LogP contribution in [0.15, 0.2) is 36.4 Å². The van der Waals surface area contributed by atoms with Crippen molar-refractivity contribution in [3.63, 3.8) is 0 Å². The third-order valence-electron chi connectivity index (χ3n) is 3.54. The summed E-state index contributed by atoms with van der Waals surface area (Å²) in [6.45, 7) is 2.62. The van der Waals surface area contributed by atoms with Gasteiger partial charge in [-0.3, -0.25) is 4.55 Å². The highest BCUT2D eigenvalue weighted by molar-refractivity contribution is 7.85. The smallest absolute Gasteiger partial charge is 0.265 e. The van der Waals surface area contributed by atoms with E-state index in [1.54, 1.807) is 11.3 Å². The van der Waals surface area contributed by atoms with Crippen molar-refractivity contribution in [1.29, 1.82) is 0 Å². The Morgan fingerprint density at radius 3 is 2.52 bits per heavy atom. The normalized spacial score (nSPS) is 12.3. The Labute approximate surface area is 127 Å². The van der Waals surface area contributed by atoms with Crippen molar-refractivity contribution in [1.82, 2.24) is 0 Å². The third-order valence-corrected chi connectivity index (χ3v) is 5.41. The van der Waals surface area contributed by atoms with Gasteiger partial charge < -0.3 is 0 Å². The van der Waals surface area contributed by atoms with Crippen molar-refractivity contribution < 1.29 is 17.5 Å². The minimum Gasteiger partial charge on any atom is -0.286 e. The minimum absolute atomic E-state index is 0.204. The number of rotatable bonds is 4. The van der Waals surface area contributed by atoms with Gasteiger partial charge in [0.1, 0.15) is 4.70 Å². The van der Waals surface area contributed by atoms with Crippen molar-refractivity contribution in [3.05, 3.63) is 41.4 Å². The molecule has 3 aromatic rings. The maximum atomic E-state index is 10.8. The van der Waals surface area contributed by atoms with Gasteiger partial charge in [0.25, 0.3) is 10.1 Å². The van der Waals surface area contributed by atoms with Crippen LogP contribution in [0.4, 0.5) is 0 Å². The van der Waals surface area contributed by atoms with Crippen LogP contribution in [0.3, 0.4) is 0 Å². The highest BCUT2D eigenvalue weighted by atomic mass is 32.2. The van der Waals surface area contributed by atoms with E-state index in [2.05, 4.69) is 28.8 Å². The molecule has 1 N–H and O–H groups in total. The zero-order valence-electron chi connectivity index (χ0n) is 11.6. The van der Waals surface area contributed by atoms with Crippen LogP contribution >= 0.6 is 11.3 Å². The Kier molecular flexibility index (Phi) is 3.69. The van der Waals surface area contributed by atoms with Crippen LogP contribution in [-0.4, -0.2) is 18.7 Å². The molecule has 0 saturated heterocycles. The lowest BCUT2D eigenvalue weighted by atomic mass is 10.1. The number of nitrogens with zero attached hydrogens (tertiary/aromatic N) is 1. The molecule has 110 valence electrons. The molecule has 0 radical (unpaired) electrons. The summed E-state index contributed by atoms with van der Waals surface area (Å²) in [4.78, 5) is 0. The monoisotopic (exact) mass is 322 g/mol. The van der Waals surface area contributed by atoms with Crippen LogP contribution < -0.4 is 4.57 Å². The van der Waals surface area contributed by atoms with E-state index < -0.39 is 10.1 Å². The van der Waals surface area contributed by atoms with Gasteiger partial charge in [0, 0.05) is 19.4 Å². The number of benzene rings is 2. The van der Waals surface area contributed by atoms with Gasteiger partial charge in [-0.15, -0.1) is 0 Å². The maximum Gasteiger partial charge on any atom is 0.265 e. The van der Waals surface area contributed by atoms with Crippen molar-refractivity contribution in [2.45, 2.75) is 19.9 Å². The molecule has 0 aliphatic rings. The molecular formula is C15H16NO3S2+. The molecule has 0 spiro atoms. The van der Waals surface area contributed by atoms with Crippen molar-refractivity contribution >= 4 is 42.4 Å². The predicted molar refractivity (Wildman–Crippen MR) is 85.3 cm³/mol. The third kappa shape index (κ3) is 3.07. The molecule has 0 aliphatic heterocycles. The van der Waals surface area contributed by atoms with Crippen molar-refractivity contribution in [2.75, 3.05) is 5.75 Å². The first kappa shape index (κ1) is 14.4. The molecular weight excluding hydrogens is 306 g/mol. The second-order valence-corrected chi connectivity index (χ2v) is 7.89.